The van der Waals surface area contributed by atoms with Gasteiger partial charge in [-0.1, -0.05) is 29.8 Å². The summed E-state index contributed by atoms with van der Waals surface area (Å²) in [6, 6.07) is 12.8. The molecule has 1 aliphatic rings. The number of amides is 1. The van der Waals surface area contributed by atoms with Crippen LogP contribution in [0, 0.1) is 11.7 Å². The molecule has 128 valence electrons. The van der Waals surface area contributed by atoms with Gasteiger partial charge >= 0.3 is 0 Å². The van der Waals surface area contributed by atoms with Crippen LogP contribution in [0.2, 0.25) is 5.02 Å². The Balaban J connectivity index is 1.66. The molecule has 3 rings (SSSR count). The highest BCUT2D eigenvalue weighted by Crippen LogP contribution is 2.17. The number of ether oxygens (including phenoxy) is 1. The number of carbonyl (C=O) groups excluding carboxylic acids is 1. The molecule has 0 saturated carbocycles. The van der Waals surface area contributed by atoms with Crippen molar-refractivity contribution in [2.45, 2.75) is 6.54 Å². The van der Waals surface area contributed by atoms with Crippen molar-refractivity contribution < 1.29 is 13.9 Å². The maximum Gasteiger partial charge on any atom is 0.234 e. The molecule has 2 aromatic rings. The lowest BCUT2D eigenvalue weighted by Gasteiger charge is -2.19. The van der Waals surface area contributed by atoms with Gasteiger partial charge in [-0.15, -0.1) is 0 Å². The average molecular weight is 360 g/mol. The Hall–Kier alpha value is -2.73. The van der Waals surface area contributed by atoms with E-state index in [4.69, 9.17) is 16.3 Å². The Morgan fingerprint density at radius 3 is 2.76 bits per heavy atom. The summed E-state index contributed by atoms with van der Waals surface area (Å²) < 4.78 is 18.6. The van der Waals surface area contributed by atoms with E-state index >= 15 is 0 Å². The molecular formula is C18H15ClFN3O2. The highest BCUT2D eigenvalue weighted by atomic mass is 35.5. The standard InChI is InChI=1S/C18H15ClFN3O2/c19-16-4-2-1-3-12(16)9-22-17(24)15-10-21-11-23-18(15)25-14-7-5-13(20)6-8-14/h1-8,11,15H,9-10H2,(H,22,24). The van der Waals surface area contributed by atoms with Crippen LogP contribution in [0.15, 0.2) is 58.5 Å². The van der Waals surface area contributed by atoms with Gasteiger partial charge in [0.25, 0.3) is 0 Å². The molecule has 0 radical (unpaired) electrons. The average Bonchev–Trinajstić information content (AvgIpc) is 2.63. The van der Waals surface area contributed by atoms with Crippen molar-refractivity contribution in [2.75, 3.05) is 6.54 Å². The van der Waals surface area contributed by atoms with E-state index in [1.165, 1.54) is 30.6 Å². The van der Waals surface area contributed by atoms with E-state index < -0.39 is 5.92 Å². The zero-order valence-corrected chi connectivity index (χ0v) is 13.9. The summed E-state index contributed by atoms with van der Waals surface area (Å²) in [6.07, 6.45) is 1.34. The number of hydrogen-bond donors (Lipinski definition) is 1. The number of nitrogens with zero attached hydrogens (tertiary/aromatic N) is 2. The molecule has 0 aromatic heterocycles. The van der Waals surface area contributed by atoms with Crippen molar-refractivity contribution in [1.29, 1.82) is 0 Å². The first-order valence-corrected chi connectivity index (χ1v) is 8.02. The molecule has 0 bridgehead atoms. The van der Waals surface area contributed by atoms with Crippen LogP contribution < -0.4 is 10.1 Å². The lowest BCUT2D eigenvalue weighted by Crippen LogP contribution is -2.40. The number of aliphatic imine (C=N–C) groups is 2. The van der Waals surface area contributed by atoms with E-state index in [0.717, 1.165) is 5.56 Å². The molecule has 0 aliphatic carbocycles. The summed E-state index contributed by atoms with van der Waals surface area (Å²) in [5.41, 5.74) is 0.815. The fraction of sp³-hybridized carbons (Fsp3) is 0.167. The third-order valence-corrected chi connectivity index (χ3v) is 3.98. The van der Waals surface area contributed by atoms with E-state index in [2.05, 4.69) is 15.3 Å². The van der Waals surface area contributed by atoms with Gasteiger partial charge in [-0.25, -0.2) is 9.38 Å². The second kappa shape index (κ2) is 7.90. The minimum atomic E-state index is -0.655. The van der Waals surface area contributed by atoms with Gasteiger partial charge in [-0.05, 0) is 35.9 Å². The molecule has 1 amide bonds. The van der Waals surface area contributed by atoms with Crippen LogP contribution in [-0.2, 0) is 11.3 Å². The smallest absolute Gasteiger partial charge is 0.234 e. The summed E-state index contributed by atoms with van der Waals surface area (Å²) in [5, 5.41) is 3.40. The van der Waals surface area contributed by atoms with Crippen molar-refractivity contribution in [3.05, 3.63) is 64.9 Å². The molecule has 5 nitrogen and oxygen atoms in total. The predicted octanol–water partition coefficient (Wildman–Crippen LogP) is 3.23. The van der Waals surface area contributed by atoms with Crippen molar-refractivity contribution in [3.63, 3.8) is 0 Å². The monoisotopic (exact) mass is 359 g/mol. The van der Waals surface area contributed by atoms with E-state index in [9.17, 15) is 9.18 Å². The van der Waals surface area contributed by atoms with Gasteiger partial charge in [-0.3, -0.25) is 9.79 Å². The highest BCUT2D eigenvalue weighted by Gasteiger charge is 2.28. The van der Waals surface area contributed by atoms with E-state index in [1.54, 1.807) is 6.07 Å². The van der Waals surface area contributed by atoms with Crippen LogP contribution in [0.1, 0.15) is 5.56 Å². The first-order chi connectivity index (χ1) is 12.1. The fourth-order valence-electron chi connectivity index (χ4n) is 2.28. The first-order valence-electron chi connectivity index (χ1n) is 7.64. The van der Waals surface area contributed by atoms with Crippen LogP contribution >= 0.6 is 11.6 Å². The number of nitrogens with one attached hydrogen (secondary N) is 1. The maximum atomic E-state index is 13.0. The molecule has 0 saturated heterocycles. The summed E-state index contributed by atoms with van der Waals surface area (Å²) in [4.78, 5) is 20.6. The minimum Gasteiger partial charge on any atom is -0.442 e. The van der Waals surface area contributed by atoms with Gasteiger partial charge in [0.15, 0.2) is 0 Å². The Bertz CT molecular complexity index is 821. The molecule has 25 heavy (non-hydrogen) atoms. The highest BCUT2D eigenvalue weighted by molar-refractivity contribution is 6.31. The number of rotatable bonds is 4. The lowest BCUT2D eigenvalue weighted by molar-refractivity contribution is -0.123. The van der Waals surface area contributed by atoms with Gasteiger partial charge in [-0.2, -0.15) is 0 Å². The second-order valence-corrected chi connectivity index (χ2v) is 5.77. The number of hydrogen-bond acceptors (Lipinski definition) is 4. The molecule has 2 aromatic carbocycles. The maximum absolute atomic E-state index is 13.0. The lowest BCUT2D eigenvalue weighted by atomic mass is 10.1. The molecule has 0 spiro atoms. The Morgan fingerprint density at radius 2 is 2.00 bits per heavy atom. The van der Waals surface area contributed by atoms with Crippen molar-refractivity contribution >= 4 is 29.7 Å². The van der Waals surface area contributed by atoms with Crippen LogP contribution in [-0.4, -0.2) is 24.7 Å². The zero-order valence-electron chi connectivity index (χ0n) is 13.2. The Morgan fingerprint density at radius 1 is 1.24 bits per heavy atom. The summed E-state index contributed by atoms with van der Waals surface area (Å²) in [7, 11) is 0. The first kappa shape index (κ1) is 17.1. The zero-order chi connectivity index (χ0) is 17.6. The van der Waals surface area contributed by atoms with Crippen LogP contribution in [0.25, 0.3) is 0 Å². The van der Waals surface area contributed by atoms with Crippen molar-refractivity contribution in [1.82, 2.24) is 5.32 Å². The summed E-state index contributed by atoms with van der Waals surface area (Å²) in [5.74, 6) is -0.665. The summed E-state index contributed by atoms with van der Waals surface area (Å²) >= 11 is 6.09. The van der Waals surface area contributed by atoms with Gasteiger partial charge in [0.05, 0.1) is 6.54 Å². The van der Waals surface area contributed by atoms with Crippen LogP contribution in [0.3, 0.4) is 0 Å². The van der Waals surface area contributed by atoms with E-state index in [0.29, 0.717) is 17.3 Å². The van der Waals surface area contributed by atoms with Crippen LogP contribution in [0.4, 0.5) is 4.39 Å². The van der Waals surface area contributed by atoms with Gasteiger partial charge < -0.3 is 10.1 Å². The third kappa shape index (κ3) is 4.42. The fourth-order valence-corrected chi connectivity index (χ4v) is 2.48. The molecule has 0 fully saturated rings. The second-order valence-electron chi connectivity index (χ2n) is 5.37. The van der Waals surface area contributed by atoms with E-state index in [-0.39, 0.29) is 24.2 Å². The Kier molecular flexibility index (Phi) is 5.40. The molecule has 1 aliphatic heterocycles. The van der Waals surface area contributed by atoms with Gasteiger partial charge in [0, 0.05) is 11.6 Å². The minimum absolute atomic E-state index is 0.221. The number of benzene rings is 2. The third-order valence-electron chi connectivity index (χ3n) is 3.62. The molecule has 1 atom stereocenters. The topological polar surface area (TPSA) is 63.0 Å². The predicted molar refractivity (Wildman–Crippen MR) is 94.6 cm³/mol. The van der Waals surface area contributed by atoms with E-state index in [1.807, 2.05) is 18.2 Å². The normalized spacial score (nSPS) is 16.2. The Labute approximate surface area is 149 Å². The van der Waals surface area contributed by atoms with Gasteiger partial charge in [0.1, 0.15) is 23.8 Å². The molecule has 1 unspecified atom stereocenters. The molecule has 1 heterocycles. The largest absolute Gasteiger partial charge is 0.442 e. The SMILES string of the molecule is O=C(NCc1ccccc1Cl)C1CN=CN=C1Oc1ccc(F)cc1. The summed E-state index contributed by atoms with van der Waals surface area (Å²) in [6.45, 7) is 0.525. The van der Waals surface area contributed by atoms with Crippen molar-refractivity contribution in [3.8, 4) is 5.75 Å². The van der Waals surface area contributed by atoms with Crippen molar-refractivity contribution in [2.24, 2.45) is 15.9 Å². The molecule has 7 heteroatoms. The van der Waals surface area contributed by atoms with Gasteiger partial charge in [0.2, 0.25) is 11.8 Å². The van der Waals surface area contributed by atoms with Crippen LogP contribution in [0.5, 0.6) is 5.75 Å². The number of halogens is 2. The molecule has 1 N–H and O–H groups in total. The number of carbonyl (C=O) groups is 1. The molecular weight excluding hydrogens is 345 g/mol. The quantitative estimate of drug-likeness (QED) is 0.911.